The van der Waals surface area contributed by atoms with Crippen LogP contribution in [0.4, 0.5) is 0 Å². The smallest absolute Gasteiger partial charge is 0.245 e. The van der Waals surface area contributed by atoms with Gasteiger partial charge in [0.15, 0.2) is 0 Å². The predicted molar refractivity (Wildman–Crippen MR) is 131 cm³/mol. The van der Waals surface area contributed by atoms with Gasteiger partial charge in [-0.2, -0.15) is 0 Å². The lowest BCUT2D eigenvalue weighted by molar-refractivity contribution is -0.146. The number of hydrogen-bond acceptors (Lipinski definition) is 5. The molecule has 1 spiro atoms. The Morgan fingerprint density at radius 1 is 1.17 bits per heavy atom. The van der Waals surface area contributed by atoms with Crippen LogP contribution in [0.3, 0.4) is 0 Å². The van der Waals surface area contributed by atoms with Crippen molar-refractivity contribution < 1.29 is 24.2 Å². The summed E-state index contributed by atoms with van der Waals surface area (Å²) in [7, 11) is 0. The van der Waals surface area contributed by atoms with Gasteiger partial charge in [0.2, 0.25) is 17.7 Å². The third kappa shape index (κ3) is 4.58. The van der Waals surface area contributed by atoms with Crippen molar-refractivity contribution in [2.75, 3.05) is 13.2 Å². The lowest BCUT2D eigenvalue weighted by Crippen LogP contribution is -2.59. The molecule has 1 aromatic rings. The number of carbonyl (C=O) groups excluding carboxylic acids is 3. The number of unbranched alkanes of at least 4 members (excludes halogenated alkanes) is 2. The maximum Gasteiger partial charge on any atom is 0.245 e. The summed E-state index contributed by atoms with van der Waals surface area (Å²) < 4.78 is 6.44. The largest absolute Gasteiger partial charge is 0.394 e. The number of benzene rings is 1. The molecule has 0 aromatic heterocycles. The number of amides is 3. The molecule has 1 aromatic carbocycles. The summed E-state index contributed by atoms with van der Waals surface area (Å²) in [5, 5.41) is 16.2. The molecular weight excluding hydrogens is 446 g/mol. The van der Waals surface area contributed by atoms with Crippen LogP contribution in [0.2, 0.25) is 0 Å². The van der Waals surface area contributed by atoms with Crippen LogP contribution >= 0.6 is 0 Å². The van der Waals surface area contributed by atoms with E-state index in [1.807, 2.05) is 44.2 Å². The molecule has 35 heavy (non-hydrogen) atoms. The van der Waals surface area contributed by atoms with E-state index in [4.69, 9.17) is 4.74 Å². The summed E-state index contributed by atoms with van der Waals surface area (Å²) in [6, 6.07) is 8.26. The van der Waals surface area contributed by atoms with Crippen molar-refractivity contribution in [3.05, 3.63) is 35.9 Å². The molecular formula is C27H39N3O5. The first-order valence-corrected chi connectivity index (χ1v) is 13.1. The van der Waals surface area contributed by atoms with Gasteiger partial charge in [-0.25, -0.2) is 0 Å². The van der Waals surface area contributed by atoms with Gasteiger partial charge in [0.05, 0.1) is 30.6 Å². The summed E-state index contributed by atoms with van der Waals surface area (Å²) in [5.41, 5.74) is -0.0586. The van der Waals surface area contributed by atoms with Gasteiger partial charge in [0, 0.05) is 13.1 Å². The molecule has 3 aliphatic heterocycles. The van der Waals surface area contributed by atoms with Crippen LogP contribution in [0.5, 0.6) is 0 Å². The zero-order valence-corrected chi connectivity index (χ0v) is 21.0. The van der Waals surface area contributed by atoms with E-state index in [-0.39, 0.29) is 36.4 Å². The van der Waals surface area contributed by atoms with Crippen molar-refractivity contribution >= 4 is 17.7 Å². The first-order chi connectivity index (χ1) is 16.9. The molecule has 2 unspecified atom stereocenters. The Morgan fingerprint density at radius 3 is 2.57 bits per heavy atom. The fourth-order valence-corrected chi connectivity index (χ4v) is 6.25. The quantitative estimate of drug-likeness (QED) is 0.416. The monoisotopic (exact) mass is 485 g/mol. The standard InChI is InChI=1S/C27H39N3O5/c1-4-5-9-14-28-25(33)23-27-13-12-20(35-27)21(24(32)29-15-18-10-7-6-8-11-18)22(27)26(34)30(23)19(16-31)17(2)3/h6-8,10-11,17,19-23,31H,4-5,9,12-16H2,1-3H3,(H,28,33)(H,29,32)/t19-,20-,21+,22-,23?,27?/m0/s1. The topological polar surface area (TPSA) is 108 Å². The van der Waals surface area contributed by atoms with Crippen LogP contribution in [-0.4, -0.2) is 64.7 Å². The highest BCUT2D eigenvalue weighted by Gasteiger charge is 2.75. The van der Waals surface area contributed by atoms with Gasteiger partial charge in [-0.15, -0.1) is 0 Å². The Morgan fingerprint density at radius 2 is 1.91 bits per heavy atom. The van der Waals surface area contributed by atoms with E-state index in [0.29, 0.717) is 25.9 Å². The van der Waals surface area contributed by atoms with Gasteiger partial charge < -0.3 is 25.4 Å². The van der Waals surface area contributed by atoms with Crippen molar-refractivity contribution in [1.82, 2.24) is 15.5 Å². The number of carbonyl (C=O) groups is 3. The molecule has 3 amide bonds. The van der Waals surface area contributed by atoms with Crippen LogP contribution < -0.4 is 10.6 Å². The molecule has 192 valence electrons. The van der Waals surface area contributed by atoms with E-state index in [1.165, 1.54) is 0 Å². The first kappa shape index (κ1) is 25.6. The number of rotatable bonds is 11. The molecule has 8 heteroatoms. The molecule has 2 bridgehead atoms. The summed E-state index contributed by atoms with van der Waals surface area (Å²) in [6.45, 7) is 6.61. The van der Waals surface area contributed by atoms with E-state index < -0.39 is 29.5 Å². The van der Waals surface area contributed by atoms with Gasteiger partial charge in [0.1, 0.15) is 11.6 Å². The number of nitrogens with zero attached hydrogens (tertiary/aromatic N) is 1. The Bertz CT molecular complexity index is 923. The molecule has 3 heterocycles. The molecule has 3 aliphatic rings. The third-order valence-electron chi connectivity index (χ3n) is 7.99. The van der Waals surface area contributed by atoms with Crippen molar-refractivity contribution in [3.63, 3.8) is 0 Å². The van der Waals surface area contributed by atoms with Crippen LogP contribution in [0.25, 0.3) is 0 Å². The minimum Gasteiger partial charge on any atom is -0.394 e. The van der Waals surface area contributed by atoms with E-state index in [1.54, 1.807) is 4.90 Å². The second-order valence-electron chi connectivity index (χ2n) is 10.5. The van der Waals surface area contributed by atoms with Crippen LogP contribution in [0.15, 0.2) is 30.3 Å². The van der Waals surface area contributed by atoms with Crippen molar-refractivity contribution in [1.29, 1.82) is 0 Å². The van der Waals surface area contributed by atoms with Crippen LogP contribution in [-0.2, 0) is 25.7 Å². The minimum atomic E-state index is -1.03. The fraction of sp³-hybridized carbons (Fsp3) is 0.667. The average molecular weight is 486 g/mol. The number of ether oxygens (including phenoxy) is 1. The fourth-order valence-electron chi connectivity index (χ4n) is 6.25. The Hall–Kier alpha value is -2.45. The van der Waals surface area contributed by atoms with Gasteiger partial charge in [-0.1, -0.05) is 63.9 Å². The average Bonchev–Trinajstić information content (AvgIpc) is 3.49. The molecule has 0 saturated carbocycles. The molecule has 0 radical (unpaired) electrons. The van der Waals surface area contributed by atoms with E-state index in [2.05, 4.69) is 17.6 Å². The summed E-state index contributed by atoms with van der Waals surface area (Å²) in [6.07, 6.45) is 3.71. The van der Waals surface area contributed by atoms with Crippen molar-refractivity contribution in [2.24, 2.45) is 17.8 Å². The second-order valence-corrected chi connectivity index (χ2v) is 10.5. The molecule has 0 aliphatic carbocycles. The van der Waals surface area contributed by atoms with Crippen molar-refractivity contribution in [3.8, 4) is 0 Å². The molecule has 6 atom stereocenters. The van der Waals surface area contributed by atoms with Gasteiger partial charge in [0.25, 0.3) is 0 Å². The molecule has 4 rings (SSSR count). The zero-order chi connectivity index (χ0) is 25.2. The number of aliphatic hydroxyl groups excluding tert-OH is 1. The van der Waals surface area contributed by atoms with Crippen LogP contribution in [0, 0.1) is 17.8 Å². The van der Waals surface area contributed by atoms with Crippen molar-refractivity contribution in [2.45, 2.75) is 83.2 Å². The number of hydrogen-bond donors (Lipinski definition) is 3. The molecule has 3 fully saturated rings. The minimum absolute atomic E-state index is 0.0582. The second kappa shape index (κ2) is 10.7. The highest BCUT2D eigenvalue weighted by molar-refractivity contribution is 5.99. The van der Waals surface area contributed by atoms with E-state index in [9.17, 15) is 19.5 Å². The Kier molecular flexibility index (Phi) is 7.81. The highest BCUT2D eigenvalue weighted by Crippen LogP contribution is 2.59. The predicted octanol–water partition coefficient (Wildman–Crippen LogP) is 2.00. The molecule has 8 nitrogen and oxygen atoms in total. The molecule has 3 N–H and O–H groups in total. The number of nitrogens with one attached hydrogen (secondary N) is 2. The maximum atomic E-state index is 13.9. The first-order valence-electron chi connectivity index (χ1n) is 13.1. The molecule has 3 saturated heterocycles. The van der Waals surface area contributed by atoms with E-state index in [0.717, 1.165) is 24.8 Å². The zero-order valence-electron chi connectivity index (χ0n) is 21.0. The summed E-state index contributed by atoms with van der Waals surface area (Å²) in [5.74, 6) is -2.15. The third-order valence-corrected chi connectivity index (χ3v) is 7.99. The number of aliphatic hydroxyl groups is 1. The van der Waals surface area contributed by atoms with Gasteiger partial charge in [-0.3, -0.25) is 14.4 Å². The lowest BCUT2D eigenvalue weighted by Gasteiger charge is -2.38. The summed E-state index contributed by atoms with van der Waals surface area (Å²) in [4.78, 5) is 42.4. The summed E-state index contributed by atoms with van der Waals surface area (Å²) >= 11 is 0. The number of likely N-dealkylation sites (tertiary alicyclic amines) is 1. The lowest BCUT2D eigenvalue weighted by atomic mass is 9.70. The Balaban J connectivity index is 1.60. The van der Waals surface area contributed by atoms with Gasteiger partial charge >= 0.3 is 0 Å². The van der Waals surface area contributed by atoms with Crippen LogP contribution in [0.1, 0.15) is 58.4 Å². The highest BCUT2D eigenvalue weighted by atomic mass is 16.5. The van der Waals surface area contributed by atoms with Gasteiger partial charge in [-0.05, 0) is 30.7 Å². The van der Waals surface area contributed by atoms with E-state index >= 15 is 0 Å². The SMILES string of the molecule is CCCCCNC(=O)C1N([C@@H](CO)C(C)C)C(=O)[C@@H]2[C@H](C(=O)NCc3ccccc3)[C@@H]3CCC12O3. The maximum absolute atomic E-state index is 13.9. The Labute approximate surface area is 207 Å². The normalized spacial score (nSPS) is 30.0. The number of fused-ring (bicyclic) bond motifs is 1.